The zero-order chi connectivity index (χ0) is 13.3. The van der Waals surface area contributed by atoms with Gasteiger partial charge in [-0.25, -0.2) is 4.79 Å². The Hall–Kier alpha value is -1.52. The van der Waals surface area contributed by atoms with Crippen LogP contribution in [0, 0.1) is 6.92 Å². The lowest BCUT2D eigenvalue weighted by atomic mass is 10.1. The van der Waals surface area contributed by atoms with Gasteiger partial charge in [-0.05, 0) is 40.5 Å². The number of hydrogen-bond donors (Lipinski definition) is 0. The SMILES string of the molecule is Cc1cc([C@H]2CCCN2C(=O)OC(C)(C)C)on1. The Morgan fingerprint density at radius 3 is 2.83 bits per heavy atom. The van der Waals surface area contributed by atoms with Crippen molar-refractivity contribution in [2.75, 3.05) is 6.54 Å². The summed E-state index contributed by atoms with van der Waals surface area (Å²) < 4.78 is 10.7. The van der Waals surface area contributed by atoms with Crippen LogP contribution in [0.1, 0.15) is 51.1 Å². The van der Waals surface area contributed by atoms with Crippen LogP contribution in [0.25, 0.3) is 0 Å². The average molecular weight is 252 g/mol. The third-order valence-electron chi connectivity index (χ3n) is 2.86. The van der Waals surface area contributed by atoms with Crippen LogP contribution in [0.15, 0.2) is 10.6 Å². The molecule has 2 heterocycles. The Kier molecular flexibility index (Phi) is 3.32. The van der Waals surface area contributed by atoms with E-state index in [-0.39, 0.29) is 12.1 Å². The predicted octanol–water partition coefficient (Wildman–Crippen LogP) is 3.06. The molecule has 1 saturated heterocycles. The van der Waals surface area contributed by atoms with E-state index in [0.29, 0.717) is 6.54 Å². The summed E-state index contributed by atoms with van der Waals surface area (Å²) >= 11 is 0. The van der Waals surface area contributed by atoms with Gasteiger partial charge in [-0.1, -0.05) is 5.16 Å². The lowest BCUT2D eigenvalue weighted by Gasteiger charge is -2.27. The Bertz CT molecular complexity index is 434. The molecule has 2 rings (SSSR count). The van der Waals surface area contributed by atoms with Crippen LogP contribution in [-0.2, 0) is 4.74 Å². The highest BCUT2D eigenvalue weighted by atomic mass is 16.6. The molecule has 0 unspecified atom stereocenters. The van der Waals surface area contributed by atoms with Gasteiger partial charge in [0.25, 0.3) is 0 Å². The lowest BCUT2D eigenvalue weighted by Crippen LogP contribution is -2.36. The molecule has 1 atom stereocenters. The fourth-order valence-corrected chi connectivity index (χ4v) is 2.14. The first-order chi connectivity index (χ1) is 8.37. The number of carbonyl (C=O) groups excluding carboxylic acids is 1. The van der Waals surface area contributed by atoms with Crippen molar-refractivity contribution in [3.8, 4) is 0 Å². The van der Waals surface area contributed by atoms with Gasteiger partial charge in [-0.3, -0.25) is 4.90 Å². The van der Waals surface area contributed by atoms with Crippen molar-refractivity contribution in [2.45, 2.75) is 52.2 Å². The molecule has 1 fully saturated rings. The number of aryl methyl sites for hydroxylation is 1. The van der Waals surface area contributed by atoms with E-state index in [9.17, 15) is 4.79 Å². The molecule has 0 aliphatic carbocycles. The molecule has 1 aromatic heterocycles. The van der Waals surface area contributed by atoms with Gasteiger partial charge >= 0.3 is 6.09 Å². The molecule has 18 heavy (non-hydrogen) atoms. The van der Waals surface area contributed by atoms with Crippen LogP contribution in [-0.4, -0.2) is 28.3 Å². The van der Waals surface area contributed by atoms with Gasteiger partial charge in [0.05, 0.1) is 11.7 Å². The summed E-state index contributed by atoms with van der Waals surface area (Å²) in [6.45, 7) is 8.19. The topological polar surface area (TPSA) is 55.6 Å². The normalized spacial score (nSPS) is 20.2. The van der Waals surface area contributed by atoms with E-state index in [1.807, 2.05) is 33.8 Å². The molecular formula is C13H20N2O3. The van der Waals surface area contributed by atoms with Crippen molar-refractivity contribution in [3.05, 3.63) is 17.5 Å². The average Bonchev–Trinajstić information content (AvgIpc) is 2.81. The summed E-state index contributed by atoms with van der Waals surface area (Å²) in [7, 11) is 0. The summed E-state index contributed by atoms with van der Waals surface area (Å²) in [6, 6.07) is 1.84. The number of rotatable bonds is 1. The number of aromatic nitrogens is 1. The molecule has 1 aliphatic rings. The molecule has 5 nitrogen and oxygen atoms in total. The highest BCUT2D eigenvalue weighted by Crippen LogP contribution is 2.33. The zero-order valence-corrected chi connectivity index (χ0v) is 11.4. The van der Waals surface area contributed by atoms with Crippen molar-refractivity contribution >= 4 is 6.09 Å². The van der Waals surface area contributed by atoms with Crippen molar-refractivity contribution in [1.29, 1.82) is 0 Å². The summed E-state index contributed by atoms with van der Waals surface area (Å²) in [5.74, 6) is 0.746. The Labute approximate surface area is 107 Å². The maximum atomic E-state index is 12.1. The van der Waals surface area contributed by atoms with Gasteiger partial charge in [-0.15, -0.1) is 0 Å². The monoisotopic (exact) mass is 252 g/mol. The van der Waals surface area contributed by atoms with Crippen LogP contribution in [0.5, 0.6) is 0 Å². The summed E-state index contributed by atoms with van der Waals surface area (Å²) in [5.41, 5.74) is 0.364. The van der Waals surface area contributed by atoms with Crippen LogP contribution in [0.3, 0.4) is 0 Å². The maximum Gasteiger partial charge on any atom is 0.410 e. The minimum atomic E-state index is -0.471. The Morgan fingerprint density at radius 2 is 2.28 bits per heavy atom. The largest absolute Gasteiger partial charge is 0.444 e. The van der Waals surface area contributed by atoms with Gasteiger partial charge in [0, 0.05) is 12.6 Å². The Balaban J connectivity index is 2.10. The van der Waals surface area contributed by atoms with Gasteiger partial charge in [0.1, 0.15) is 5.60 Å². The standard InChI is InChI=1S/C13H20N2O3/c1-9-8-11(18-14-9)10-6-5-7-15(10)12(16)17-13(2,3)4/h8,10H,5-7H2,1-4H3/t10-/m1/s1. The lowest BCUT2D eigenvalue weighted by molar-refractivity contribution is 0.0204. The van der Waals surface area contributed by atoms with Crippen molar-refractivity contribution in [2.24, 2.45) is 0 Å². The number of amides is 1. The second-order valence-corrected chi connectivity index (χ2v) is 5.70. The molecule has 0 N–H and O–H groups in total. The van der Waals surface area contributed by atoms with E-state index < -0.39 is 5.60 Å². The van der Waals surface area contributed by atoms with Crippen LogP contribution >= 0.6 is 0 Å². The molecular weight excluding hydrogens is 232 g/mol. The minimum absolute atomic E-state index is 0.0407. The molecule has 0 bridgehead atoms. The Morgan fingerprint density at radius 1 is 1.56 bits per heavy atom. The first kappa shape index (κ1) is 12.9. The van der Waals surface area contributed by atoms with Crippen molar-refractivity contribution in [1.82, 2.24) is 10.1 Å². The fraction of sp³-hybridized carbons (Fsp3) is 0.692. The van der Waals surface area contributed by atoms with E-state index in [2.05, 4.69) is 5.16 Å². The molecule has 100 valence electrons. The van der Waals surface area contributed by atoms with Crippen LogP contribution in [0.4, 0.5) is 4.79 Å². The highest BCUT2D eigenvalue weighted by molar-refractivity contribution is 5.69. The number of hydrogen-bond acceptors (Lipinski definition) is 4. The first-order valence-corrected chi connectivity index (χ1v) is 6.29. The van der Waals surface area contributed by atoms with Gasteiger partial charge in [-0.2, -0.15) is 0 Å². The maximum absolute atomic E-state index is 12.1. The van der Waals surface area contributed by atoms with Gasteiger partial charge in [0.15, 0.2) is 5.76 Å². The van der Waals surface area contributed by atoms with Gasteiger partial charge < -0.3 is 9.26 Å². The van der Waals surface area contributed by atoms with E-state index in [1.54, 1.807) is 4.90 Å². The number of carbonyl (C=O) groups is 1. The third-order valence-corrected chi connectivity index (χ3v) is 2.86. The predicted molar refractivity (Wildman–Crippen MR) is 66.2 cm³/mol. The summed E-state index contributed by atoms with van der Waals surface area (Å²) in [5, 5.41) is 3.88. The molecule has 0 radical (unpaired) electrons. The number of ether oxygens (including phenoxy) is 1. The van der Waals surface area contributed by atoms with E-state index >= 15 is 0 Å². The smallest absolute Gasteiger partial charge is 0.410 e. The van der Waals surface area contributed by atoms with Crippen molar-refractivity contribution < 1.29 is 14.1 Å². The van der Waals surface area contributed by atoms with E-state index in [1.165, 1.54) is 0 Å². The molecule has 0 aromatic carbocycles. The summed E-state index contributed by atoms with van der Waals surface area (Å²) in [6.07, 6.45) is 1.58. The molecule has 1 aromatic rings. The third kappa shape index (κ3) is 2.83. The van der Waals surface area contributed by atoms with E-state index in [0.717, 1.165) is 24.3 Å². The van der Waals surface area contributed by atoms with Gasteiger partial charge in [0.2, 0.25) is 0 Å². The molecule has 1 amide bonds. The van der Waals surface area contributed by atoms with Crippen LogP contribution < -0.4 is 0 Å². The quantitative estimate of drug-likeness (QED) is 0.770. The first-order valence-electron chi connectivity index (χ1n) is 6.29. The molecule has 0 spiro atoms. The zero-order valence-electron chi connectivity index (χ0n) is 11.4. The number of nitrogens with zero attached hydrogens (tertiary/aromatic N) is 2. The highest BCUT2D eigenvalue weighted by Gasteiger charge is 2.35. The second kappa shape index (κ2) is 4.63. The van der Waals surface area contributed by atoms with Crippen molar-refractivity contribution in [3.63, 3.8) is 0 Å². The van der Waals surface area contributed by atoms with Crippen LogP contribution in [0.2, 0.25) is 0 Å². The second-order valence-electron chi connectivity index (χ2n) is 5.70. The fourth-order valence-electron chi connectivity index (χ4n) is 2.14. The summed E-state index contributed by atoms with van der Waals surface area (Å²) in [4.78, 5) is 13.8. The van der Waals surface area contributed by atoms with E-state index in [4.69, 9.17) is 9.26 Å². The molecule has 5 heteroatoms. The minimum Gasteiger partial charge on any atom is -0.444 e. The molecule has 1 aliphatic heterocycles. The molecule has 0 saturated carbocycles. The number of likely N-dealkylation sites (tertiary alicyclic amines) is 1.